The van der Waals surface area contributed by atoms with Crippen LogP contribution in [0.1, 0.15) is 13.3 Å². The van der Waals surface area contributed by atoms with Crippen LogP contribution in [0.4, 0.5) is 0 Å². The fraction of sp³-hybridized carbons (Fsp3) is 1.00. The summed E-state index contributed by atoms with van der Waals surface area (Å²) in [6.45, 7) is 10.7. The summed E-state index contributed by atoms with van der Waals surface area (Å²) in [6.07, 6.45) is 1.33. The van der Waals surface area contributed by atoms with Crippen molar-refractivity contribution in [2.75, 3.05) is 64.4 Å². The van der Waals surface area contributed by atoms with Gasteiger partial charge in [0.05, 0.1) is 0 Å². The van der Waals surface area contributed by atoms with Crippen LogP contribution in [0.3, 0.4) is 0 Å². The first-order valence-corrected chi connectivity index (χ1v) is 7.67. The maximum Gasteiger partial charge on any atom is 0.0110 e. The van der Waals surface area contributed by atoms with Crippen LogP contribution in [0, 0.1) is 0 Å². The van der Waals surface area contributed by atoms with Crippen LogP contribution >= 0.6 is 11.8 Å². The van der Waals surface area contributed by atoms with E-state index in [1.165, 1.54) is 50.7 Å². The first-order chi connectivity index (χ1) is 7.83. The van der Waals surface area contributed by atoms with Crippen LogP contribution in [0.2, 0.25) is 0 Å². The summed E-state index contributed by atoms with van der Waals surface area (Å²) in [7, 11) is 2.25. The van der Waals surface area contributed by atoms with Crippen molar-refractivity contribution >= 4 is 11.8 Å². The molecule has 1 heterocycles. The highest BCUT2D eigenvalue weighted by atomic mass is 32.2. The standard InChI is InChI=1S/C12H27N3S/c1-3-16-12-4-7-14(2)10-11-15-8-5-13-6-9-15/h13H,3-12H2,1-2H3. The average Bonchev–Trinajstić information content (AvgIpc) is 2.33. The second-order valence-corrected chi connectivity index (χ2v) is 5.84. The molecule has 1 rings (SSSR count). The number of nitrogens with zero attached hydrogens (tertiary/aromatic N) is 2. The molecule has 0 radical (unpaired) electrons. The first-order valence-electron chi connectivity index (χ1n) is 6.52. The summed E-state index contributed by atoms with van der Waals surface area (Å²) in [5.74, 6) is 2.57. The van der Waals surface area contributed by atoms with Gasteiger partial charge in [-0.15, -0.1) is 0 Å². The number of rotatable bonds is 8. The van der Waals surface area contributed by atoms with Crippen molar-refractivity contribution in [1.29, 1.82) is 0 Å². The fourth-order valence-electron chi connectivity index (χ4n) is 1.94. The number of thioether (sulfide) groups is 1. The normalized spacial score (nSPS) is 18.2. The van der Waals surface area contributed by atoms with Crippen LogP contribution in [-0.2, 0) is 0 Å². The summed E-state index contributed by atoms with van der Waals surface area (Å²) in [5.41, 5.74) is 0. The van der Waals surface area contributed by atoms with Gasteiger partial charge in [0.2, 0.25) is 0 Å². The third-order valence-electron chi connectivity index (χ3n) is 3.04. The van der Waals surface area contributed by atoms with E-state index in [4.69, 9.17) is 0 Å². The molecular formula is C12H27N3S. The predicted molar refractivity (Wildman–Crippen MR) is 74.4 cm³/mol. The molecule has 0 aromatic rings. The molecular weight excluding hydrogens is 218 g/mol. The van der Waals surface area contributed by atoms with Gasteiger partial charge in [0.25, 0.3) is 0 Å². The highest BCUT2D eigenvalue weighted by Crippen LogP contribution is 2.01. The van der Waals surface area contributed by atoms with Crippen LogP contribution in [0.5, 0.6) is 0 Å². The summed E-state index contributed by atoms with van der Waals surface area (Å²) in [4.78, 5) is 5.03. The zero-order valence-corrected chi connectivity index (χ0v) is 11.7. The van der Waals surface area contributed by atoms with Crippen LogP contribution in [0.15, 0.2) is 0 Å². The third kappa shape index (κ3) is 6.74. The van der Waals surface area contributed by atoms with E-state index in [1.54, 1.807) is 0 Å². The Labute approximate surface area is 105 Å². The zero-order valence-electron chi connectivity index (χ0n) is 10.9. The Morgan fingerprint density at radius 1 is 1.25 bits per heavy atom. The Morgan fingerprint density at radius 3 is 2.69 bits per heavy atom. The molecule has 1 N–H and O–H groups in total. The third-order valence-corrected chi connectivity index (χ3v) is 4.03. The van der Waals surface area contributed by atoms with E-state index in [-0.39, 0.29) is 0 Å². The van der Waals surface area contributed by atoms with Gasteiger partial charge in [-0.3, -0.25) is 4.90 Å². The smallest absolute Gasteiger partial charge is 0.0110 e. The monoisotopic (exact) mass is 245 g/mol. The number of likely N-dealkylation sites (N-methyl/N-ethyl adjacent to an activating group) is 1. The SMILES string of the molecule is CCSCCCN(C)CCN1CCNCC1. The van der Waals surface area contributed by atoms with E-state index in [0.29, 0.717) is 0 Å². The molecule has 4 heteroatoms. The number of piperazine rings is 1. The zero-order chi connectivity index (χ0) is 11.6. The molecule has 1 aliphatic rings. The van der Waals surface area contributed by atoms with Crippen LogP contribution < -0.4 is 5.32 Å². The molecule has 0 aromatic heterocycles. The van der Waals surface area contributed by atoms with Gasteiger partial charge in [-0.1, -0.05) is 6.92 Å². The molecule has 1 saturated heterocycles. The van der Waals surface area contributed by atoms with Crippen LogP contribution in [0.25, 0.3) is 0 Å². The quantitative estimate of drug-likeness (QED) is 0.642. The van der Waals surface area contributed by atoms with E-state index in [9.17, 15) is 0 Å². The molecule has 0 spiro atoms. The summed E-state index contributed by atoms with van der Waals surface area (Å²) >= 11 is 2.05. The molecule has 1 aliphatic heterocycles. The predicted octanol–water partition coefficient (Wildman–Crippen LogP) is 0.967. The maximum atomic E-state index is 3.39. The summed E-state index contributed by atoms with van der Waals surface area (Å²) < 4.78 is 0. The van der Waals surface area contributed by atoms with E-state index < -0.39 is 0 Å². The van der Waals surface area contributed by atoms with E-state index in [0.717, 1.165) is 13.1 Å². The van der Waals surface area contributed by atoms with Crippen molar-refractivity contribution < 1.29 is 0 Å². The topological polar surface area (TPSA) is 18.5 Å². The lowest BCUT2D eigenvalue weighted by Gasteiger charge is -2.29. The number of nitrogens with one attached hydrogen (secondary N) is 1. The minimum atomic E-state index is 1.16. The van der Waals surface area contributed by atoms with E-state index >= 15 is 0 Å². The molecule has 3 nitrogen and oxygen atoms in total. The van der Waals surface area contributed by atoms with Gasteiger partial charge < -0.3 is 10.2 Å². The largest absolute Gasteiger partial charge is 0.314 e. The van der Waals surface area contributed by atoms with Gasteiger partial charge in [-0.25, -0.2) is 0 Å². The van der Waals surface area contributed by atoms with Gasteiger partial charge in [0.1, 0.15) is 0 Å². The summed E-state index contributed by atoms with van der Waals surface area (Å²) in [6, 6.07) is 0. The lowest BCUT2D eigenvalue weighted by atomic mass is 10.3. The van der Waals surface area contributed by atoms with Crippen molar-refractivity contribution in [2.24, 2.45) is 0 Å². The number of hydrogen-bond donors (Lipinski definition) is 1. The lowest BCUT2D eigenvalue weighted by molar-refractivity contribution is 0.205. The molecule has 0 amide bonds. The fourth-order valence-corrected chi connectivity index (χ4v) is 2.56. The van der Waals surface area contributed by atoms with Crippen molar-refractivity contribution in [3.63, 3.8) is 0 Å². The molecule has 96 valence electrons. The van der Waals surface area contributed by atoms with Gasteiger partial charge in [0, 0.05) is 39.3 Å². The highest BCUT2D eigenvalue weighted by Gasteiger charge is 2.09. The molecule has 0 aliphatic carbocycles. The van der Waals surface area contributed by atoms with Crippen molar-refractivity contribution in [3.05, 3.63) is 0 Å². The highest BCUT2D eigenvalue weighted by molar-refractivity contribution is 7.99. The Kier molecular flexibility index (Phi) is 8.29. The lowest BCUT2D eigenvalue weighted by Crippen LogP contribution is -2.46. The Balaban J connectivity index is 1.94. The van der Waals surface area contributed by atoms with Gasteiger partial charge >= 0.3 is 0 Å². The Morgan fingerprint density at radius 2 is 2.00 bits per heavy atom. The maximum absolute atomic E-state index is 3.39. The molecule has 0 atom stereocenters. The minimum absolute atomic E-state index is 1.16. The number of hydrogen-bond acceptors (Lipinski definition) is 4. The van der Waals surface area contributed by atoms with Crippen LogP contribution in [-0.4, -0.2) is 74.2 Å². The van der Waals surface area contributed by atoms with Gasteiger partial charge in [-0.2, -0.15) is 11.8 Å². The molecule has 0 saturated carbocycles. The van der Waals surface area contributed by atoms with Gasteiger partial charge in [0.15, 0.2) is 0 Å². The summed E-state index contributed by atoms with van der Waals surface area (Å²) in [5, 5.41) is 3.39. The molecule has 1 fully saturated rings. The minimum Gasteiger partial charge on any atom is -0.314 e. The molecule has 0 bridgehead atoms. The van der Waals surface area contributed by atoms with E-state index in [1.807, 2.05) is 0 Å². The molecule has 0 aromatic carbocycles. The van der Waals surface area contributed by atoms with Crippen molar-refractivity contribution in [3.8, 4) is 0 Å². The van der Waals surface area contributed by atoms with Crippen molar-refractivity contribution in [2.45, 2.75) is 13.3 Å². The van der Waals surface area contributed by atoms with E-state index in [2.05, 4.69) is 40.8 Å². The molecule has 0 unspecified atom stereocenters. The Hall–Kier alpha value is 0.230. The van der Waals surface area contributed by atoms with Crippen molar-refractivity contribution in [1.82, 2.24) is 15.1 Å². The Bertz CT molecular complexity index is 160. The first kappa shape index (κ1) is 14.3. The average molecular weight is 245 g/mol. The second-order valence-electron chi connectivity index (χ2n) is 4.45. The second kappa shape index (κ2) is 9.28. The van der Waals surface area contributed by atoms with Gasteiger partial charge in [-0.05, 0) is 31.5 Å². The molecule has 16 heavy (non-hydrogen) atoms.